The summed E-state index contributed by atoms with van der Waals surface area (Å²) in [6, 6.07) is 7.82. The van der Waals surface area contributed by atoms with Gasteiger partial charge in [-0.15, -0.1) is 0 Å². The van der Waals surface area contributed by atoms with Crippen LogP contribution in [0.4, 0.5) is 10.5 Å². The average Bonchev–Trinajstić information content (AvgIpc) is 2.65. The van der Waals surface area contributed by atoms with Crippen LogP contribution in [0.5, 0.6) is 5.75 Å². The second-order valence-electron chi connectivity index (χ2n) is 6.99. The molecule has 1 aromatic rings. The van der Waals surface area contributed by atoms with Crippen LogP contribution in [0, 0.1) is 0 Å². The molecule has 1 amide bonds. The first kappa shape index (κ1) is 20.6. The van der Waals surface area contributed by atoms with Crippen molar-refractivity contribution in [3.8, 4) is 5.75 Å². The Balaban J connectivity index is 2.19. The minimum atomic E-state index is -0.867. The van der Waals surface area contributed by atoms with E-state index >= 15 is 0 Å². The fourth-order valence-corrected chi connectivity index (χ4v) is 3.99. The van der Waals surface area contributed by atoms with Crippen molar-refractivity contribution in [3.63, 3.8) is 0 Å². The van der Waals surface area contributed by atoms with Crippen molar-refractivity contribution in [2.24, 2.45) is 0 Å². The van der Waals surface area contributed by atoms with Gasteiger partial charge in [-0.3, -0.25) is 9.80 Å². The first-order chi connectivity index (χ1) is 12.6. The summed E-state index contributed by atoms with van der Waals surface area (Å²) in [5.41, 5.74) is 0.740. The fraction of sp³-hybridized carbons (Fsp3) is 0.667. The minimum absolute atomic E-state index is 0.00742. The first-order valence-electron chi connectivity index (χ1n) is 10.1. The van der Waals surface area contributed by atoms with E-state index in [-0.39, 0.29) is 12.1 Å². The topological polar surface area (TPSA) is 53.0 Å². The molecule has 1 N–H and O–H groups in total. The molecule has 146 valence electrons. The van der Waals surface area contributed by atoms with Gasteiger partial charge < -0.3 is 9.84 Å². The van der Waals surface area contributed by atoms with Gasteiger partial charge >= 0.3 is 6.09 Å². The lowest BCUT2D eigenvalue weighted by Crippen LogP contribution is -2.55. The van der Waals surface area contributed by atoms with Crippen LogP contribution >= 0.6 is 0 Å². The summed E-state index contributed by atoms with van der Waals surface area (Å²) in [6.07, 6.45) is 5.50. The second kappa shape index (κ2) is 10.4. The maximum absolute atomic E-state index is 12.1. The average molecular weight is 363 g/mol. The van der Waals surface area contributed by atoms with Gasteiger partial charge in [0.1, 0.15) is 5.75 Å². The maximum atomic E-state index is 12.1. The Morgan fingerprint density at radius 3 is 2.23 bits per heavy atom. The van der Waals surface area contributed by atoms with Gasteiger partial charge in [0, 0.05) is 11.7 Å². The zero-order chi connectivity index (χ0) is 18.9. The molecule has 0 saturated heterocycles. The Morgan fingerprint density at radius 1 is 1.08 bits per heavy atom. The van der Waals surface area contributed by atoms with E-state index in [1.54, 1.807) is 4.90 Å². The van der Waals surface area contributed by atoms with Gasteiger partial charge in [0.25, 0.3) is 0 Å². The number of nitrogens with zero attached hydrogens (tertiary/aromatic N) is 2. The largest absolute Gasteiger partial charge is 0.494 e. The molecule has 5 heteroatoms. The van der Waals surface area contributed by atoms with Crippen molar-refractivity contribution in [2.45, 2.75) is 71.4 Å². The summed E-state index contributed by atoms with van der Waals surface area (Å²) < 4.78 is 5.71. The number of likely N-dealkylation sites (N-methyl/N-ethyl adjacent to an activating group) is 1. The molecule has 1 saturated carbocycles. The highest BCUT2D eigenvalue weighted by atomic mass is 16.5. The molecule has 0 aromatic heterocycles. The smallest absolute Gasteiger partial charge is 0.412 e. The van der Waals surface area contributed by atoms with Crippen molar-refractivity contribution in [1.82, 2.24) is 4.90 Å². The van der Waals surface area contributed by atoms with Crippen LogP contribution in [0.15, 0.2) is 24.3 Å². The van der Waals surface area contributed by atoms with E-state index in [1.165, 1.54) is 6.42 Å². The molecular weight excluding hydrogens is 328 g/mol. The zero-order valence-electron chi connectivity index (χ0n) is 16.5. The quantitative estimate of drug-likeness (QED) is 0.628. The third-order valence-corrected chi connectivity index (χ3v) is 5.39. The Hall–Kier alpha value is -1.75. The molecule has 0 radical (unpaired) electrons. The Morgan fingerprint density at radius 2 is 1.69 bits per heavy atom. The Bertz CT molecular complexity index is 543. The van der Waals surface area contributed by atoms with E-state index in [1.807, 2.05) is 24.3 Å². The highest BCUT2D eigenvalue weighted by molar-refractivity contribution is 5.87. The van der Waals surface area contributed by atoms with Gasteiger partial charge in [0.2, 0.25) is 0 Å². The number of carboxylic acid groups (broad SMARTS) is 1. The van der Waals surface area contributed by atoms with Gasteiger partial charge in [0.05, 0.1) is 12.6 Å². The number of carbonyl (C=O) groups is 1. The van der Waals surface area contributed by atoms with E-state index in [4.69, 9.17) is 4.74 Å². The van der Waals surface area contributed by atoms with Crippen molar-refractivity contribution in [1.29, 1.82) is 0 Å². The standard InChI is InChI=1S/C21H34N2O3/c1-4-7-16-26-18-14-12-17(13-15-18)23(21(24)25)20-11-9-8-10-19(20)22(5-2)6-3/h12-15,19-20H,4-11,16H2,1-3H3,(H,24,25)/t19-,20-/m1/s1. The molecule has 0 unspecified atom stereocenters. The van der Waals surface area contributed by atoms with Gasteiger partial charge in [-0.25, -0.2) is 4.79 Å². The van der Waals surface area contributed by atoms with Gasteiger partial charge in [-0.05, 0) is 56.6 Å². The minimum Gasteiger partial charge on any atom is -0.494 e. The van der Waals surface area contributed by atoms with Crippen molar-refractivity contribution in [2.75, 3.05) is 24.6 Å². The van der Waals surface area contributed by atoms with Crippen LogP contribution in [0.1, 0.15) is 59.3 Å². The predicted octanol–water partition coefficient (Wildman–Crippen LogP) is 5.00. The summed E-state index contributed by atoms with van der Waals surface area (Å²) in [6.45, 7) is 9.05. The molecular formula is C21H34N2O3. The molecule has 1 aliphatic carbocycles. The number of ether oxygens (including phenoxy) is 1. The zero-order valence-corrected chi connectivity index (χ0v) is 16.5. The Kier molecular flexibility index (Phi) is 8.23. The van der Waals surface area contributed by atoms with Gasteiger partial charge in [0.15, 0.2) is 0 Å². The summed E-state index contributed by atoms with van der Waals surface area (Å²) >= 11 is 0. The third-order valence-electron chi connectivity index (χ3n) is 5.39. The van der Waals surface area contributed by atoms with Gasteiger partial charge in [-0.2, -0.15) is 0 Å². The van der Waals surface area contributed by atoms with Crippen LogP contribution < -0.4 is 9.64 Å². The van der Waals surface area contributed by atoms with E-state index < -0.39 is 6.09 Å². The summed E-state index contributed by atoms with van der Waals surface area (Å²) in [4.78, 5) is 16.1. The monoisotopic (exact) mass is 362 g/mol. The molecule has 0 aliphatic heterocycles. The highest BCUT2D eigenvalue weighted by Gasteiger charge is 2.36. The lowest BCUT2D eigenvalue weighted by Gasteiger charge is -2.43. The van der Waals surface area contributed by atoms with E-state index in [2.05, 4.69) is 25.7 Å². The molecule has 2 atom stereocenters. The predicted molar refractivity (Wildman–Crippen MR) is 106 cm³/mol. The number of hydrogen-bond acceptors (Lipinski definition) is 3. The van der Waals surface area contributed by atoms with E-state index in [9.17, 15) is 9.90 Å². The lowest BCUT2D eigenvalue weighted by molar-refractivity contribution is 0.139. The number of rotatable bonds is 9. The van der Waals surface area contributed by atoms with Crippen LogP contribution in [0.25, 0.3) is 0 Å². The van der Waals surface area contributed by atoms with E-state index in [0.717, 1.165) is 56.6 Å². The molecule has 2 rings (SSSR count). The highest BCUT2D eigenvalue weighted by Crippen LogP contribution is 2.31. The van der Waals surface area contributed by atoms with Crippen LogP contribution in [0.3, 0.4) is 0 Å². The maximum Gasteiger partial charge on any atom is 0.412 e. The fourth-order valence-electron chi connectivity index (χ4n) is 3.99. The SMILES string of the molecule is CCCCOc1ccc(N(C(=O)O)[C@@H]2CCCC[C@H]2N(CC)CC)cc1. The summed E-state index contributed by atoms with van der Waals surface area (Å²) in [7, 11) is 0. The molecule has 1 fully saturated rings. The molecule has 1 aromatic carbocycles. The lowest BCUT2D eigenvalue weighted by atomic mass is 9.87. The van der Waals surface area contributed by atoms with E-state index in [0.29, 0.717) is 6.61 Å². The number of hydrogen-bond donors (Lipinski definition) is 1. The van der Waals surface area contributed by atoms with Crippen LogP contribution in [-0.2, 0) is 0 Å². The second-order valence-corrected chi connectivity index (χ2v) is 6.99. The molecule has 0 spiro atoms. The molecule has 0 heterocycles. The van der Waals surface area contributed by atoms with Crippen LogP contribution in [-0.4, -0.2) is 47.9 Å². The van der Waals surface area contributed by atoms with Crippen molar-refractivity contribution >= 4 is 11.8 Å². The summed E-state index contributed by atoms with van der Waals surface area (Å²) in [5.74, 6) is 0.802. The number of benzene rings is 1. The normalized spacial score (nSPS) is 20.2. The van der Waals surface area contributed by atoms with Gasteiger partial charge in [-0.1, -0.05) is 40.0 Å². The molecule has 0 bridgehead atoms. The number of amides is 1. The van der Waals surface area contributed by atoms with Crippen molar-refractivity contribution in [3.05, 3.63) is 24.3 Å². The third kappa shape index (κ3) is 5.13. The number of unbranched alkanes of at least 4 members (excludes halogenated alkanes) is 1. The molecule has 1 aliphatic rings. The number of anilines is 1. The summed E-state index contributed by atoms with van der Waals surface area (Å²) in [5, 5.41) is 9.94. The van der Waals surface area contributed by atoms with Crippen LogP contribution in [0.2, 0.25) is 0 Å². The molecule has 26 heavy (non-hydrogen) atoms. The van der Waals surface area contributed by atoms with Crippen molar-refractivity contribution < 1.29 is 14.6 Å². The first-order valence-corrected chi connectivity index (χ1v) is 10.1. The molecule has 5 nitrogen and oxygen atoms in total. The Labute approximate surface area is 157 Å².